The number of aromatic nitrogens is 3. The van der Waals surface area contributed by atoms with Crippen LogP contribution < -0.4 is 4.74 Å². The van der Waals surface area contributed by atoms with E-state index in [1.165, 1.54) is 24.1 Å². The second-order valence-corrected chi connectivity index (χ2v) is 9.91. The van der Waals surface area contributed by atoms with E-state index in [2.05, 4.69) is 15.0 Å². The molecule has 0 aliphatic carbocycles. The Bertz CT molecular complexity index is 1370. The van der Waals surface area contributed by atoms with Crippen molar-refractivity contribution in [3.8, 4) is 17.0 Å². The van der Waals surface area contributed by atoms with E-state index < -0.39 is 24.8 Å². The summed E-state index contributed by atoms with van der Waals surface area (Å²) in [6, 6.07) is 5.43. The van der Waals surface area contributed by atoms with Gasteiger partial charge in [-0.25, -0.2) is 15.0 Å². The minimum atomic E-state index is -4.21. The van der Waals surface area contributed by atoms with Crippen LogP contribution in [0.1, 0.15) is 60.3 Å². The molecule has 1 aliphatic heterocycles. The van der Waals surface area contributed by atoms with Crippen molar-refractivity contribution in [3.63, 3.8) is 0 Å². The molecule has 6 nitrogen and oxygen atoms in total. The molecule has 2 atom stereocenters. The molecule has 35 heavy (non-hydrogen) atoms. The normalized spacial score (nSPS) is 16.5. The van der Waals surface area contributed by atoms with Crippen LogP contribution in [0.15, 0.2) is 35.3 Å². The molecule has 0 fully saturated rings. The number of oxazole rings is 1. The second kappa shape index (κ2) is 9.40. The lowest BCUT2D eigenvalue weighted by Gasteiger charge is -2.12. The Hall–Kier alpha value is -2.69. The number of rotatable bonds is 7. The van der Waals surface area contributed by atoms with Crippen LogP contribution in [-0.2, 0) is 12.8 Å². The van der Waals surface area contributed by atoms with E-state index in [0.29, 0.717) is 51.8 Å². The summed E-state index contributed by atoms with van der Waals surface area (Å²) >= 11 is 7.87. The van der Waals surface area contributed by atoms with Gasteiger partial charge in [-0.05, 0) is 37.5 Å². The second-order valence-electron chi connectivity index (χ2n) is 8.39. The standard InChI is InChI=1S/C24H21ClF3N3O3S/c1-2-17(32)19-9-16-23(35-19)20(30-10-29-16)14-8-13(25)6-12-7-18(34-21(12)14)22-15(31-11-33-22)4-3-5-24(26,27)28/h6,8-11,17-18,32H,2-5,7H2,1H3/t17?,18-/m1/s1. The van der Waals surface area contributed by atoms with Gasteiger partial charge in [0, 0.05) is 33.9 Å². The van der Waals surface area contributed by atoms with Gasteiger partial charge in [-0.2, -0.15) is 13.2 Å². The highest BCUT2D eigenvalue weighted by molar-refractivity contribution is 7.19. The van der Waals surface area contributed by atoms with Gasteiger partial charge in [-0.1, -0.05) is 18.5 Å². The number of nitrogens with zero attached hydrogens (tertiary/aromatic N) is 3. The molecule has 1 N–H and O–H groups in total. The van der Waals surface area contributed by atoms with Crippen molar-refractivity contribution < 1.29 is 27.4 Å². The first-order chi connectivity index (χ1) is 16.7. The number of thiophene rings is 1. The summed E-state index contributed by atoms with van der Waals surface area (Å²) in [6.07, 6.45) is -2.46. The molecule has 0 bridgehead atoms. The zero-order chi connectivity index (χ0) is 24.7. The highest BCUT2D eigenvalue weighted by Crippen LogP contribution is 2.47. The Kier molecular flexibility index (Phi) is 6.45. The van der Waals surface area contributed by atoms with E-state index in [0.717, 1.165) is 15.1 Å². The third-order valence-electron chi connectivity index (χ3n) is 5.94. The maximum atomic E-state index is 12.6. The van der Waals surface area contributed by atoms with Gasteiger partial charge in [0.2, 0.25) is 0 Å². The lowest BCUT2D eigenvalue weighted by atomic mass is 10.0. The highest BCUT2D eigenvalue weighted by Gasteiger charge is 2.33. The van der Waals surface area contributed by atoms with Crippen molar-refractivity contribution in [1.29, 1.82) is 0 Å². The molecule has 184 valence electrons. The van der Waals surface area contributed by atoms with Crippen molar-refractivity contribution >= 4 is 33.2 Å². The molecule has 1 aromatic carbocycles. The molecule has 5 rings (SSSR count). The number of hydrogen-bond acceptors (Lipinski definition) is 7. The van der Waals surface area contributed by atoms with E-state index in [4.69, 9.17) is 20.8 Å². The fourth-order valence-electron chi connectivity index (χ4n) is 4.26. The summed E-state index contributed by atoms with van der Waals surface area (Å²) in [5.41, 5.74) is 3.33. The Morgan fingerprint density at radius 2 is 2.06 bits per heavy atom. The first-order valence-electron chi connectivity index (χ1n) is 11.1. The molecule has 4 aromatic rings. The van der Waals surface area contributed by atoms with E-state index in [9.17, 15) is 18.3 Å². The quantitative estimate of drug-likeness (QED) is 0.281. The van der Waals surface area contributed by atoms with Crippen LogP contribution in [0, 0.1) is 0 Å². The molecule has 1 unspecified atom stereocenters. The zero-order valence-corrected chi connectivity index (χ0v) is 20.2. The fourth-order valence-corrected chi connectivity index (χ4v) is 5.69. The topological polar surface area (TPSA) is 81.3 Å². The highest BCUT2D eigenvalue weighted by atomic mass is 35.5. The first-order valence-corrected chi connectivity index (χ1v) is 12.3. The number of fused-ring (bicyclic) bond motifs is 2. The SMILES string of the molecule is CCC(O)c1cc2ncnc(-c3cc(Cl)cc4c3O[C@@H](c3ocnc3CCCC(F)(F)F)C4)c2s1. The third kappa shape index (κ3) is 4.87. The number of hydrogen-bond donors (Lipinski definition) is 1. The molecular formula is C24H21ClF3N3O3S. The van der Waals surface area contributed by atoms with Gasteiger partial charge in [-0.15, -0.1) is 11.3 Å². The molecule has 0 saturated heterocycles. The average Bonchev–Trinajstić information content (AvgIpc) is 3.54. The molecular weight excluding hydrogens is 503 g/mol. The minimum absolute atomic E-state index is 0.0803. The Morgan fingerprint density at radius 1 is 1.23 bits per heavy atom. The van der Waals surface area contributed by atoms with Crippen LogP contribution in [-0.4, -0.2) is 26.2 Å². The monoisotopic (exact) mass is 523 g/mol. The van der Waals surface area contributed by atoms with Gasteiger partial charge in [0.15, 0.2) is 18.3 Å². The maximum absolute atomic E-state index is 12.6. The predicted molar refractivity (Wildman–Crippen MR) is 126 cm³/mol. The van der Waals surface area contributed by atoms with E-state index in [1.54, 1.807) is 12.1 Å². The first kappa shape index (κ1) is 24.0. The van der Waals surface area contributed by atoms with Gasteiger partial charge in [0.25, 0.3) is 0 Å². The van der Waals surface area contributed by atoms with Gasteiger partial charge in [0.1, 0.15) is 12.1 Å². The van der Waals surface area contributed by atoms with Crippen molar-refractivity contribution in [3.05, 3.63) is 57.8 Å². The number of aliphatic hydroxyl groups is 1. The van der Waals surface area contributed by atoms with Gasteiger partial charge in [-0.3, -0.25) is 0 Å². The van der Waals surface area contributed by atoms with Crippen LogP contribution in [0.3, 0.4) is 0 Å². The fraction of sp³-hybridized carbons (Fsp3) is 0.375. The minimum Gasteiger partial charge on any atom is -0.481 e. The van der Waals surface area contributed by atoms with Crippen LogP contribution in [0.4, 0.5) is 13.2 Å². The van der Waals surface area contributed by atoms with E-state index in [1.807, 2.05) is 13.0 Å². The number of halogens is 4. The summed E-state index contributed by atoms with van der Waals surface area (Å²) < 4.78 is 50.4. The van der Waals surface area contributed by atoms with Crippen LogP contribution in [0.5, 0.6) is 5.75 Å². The van der Waals surface area contributed by atoms with Crippen molar-refractivity contribution in [1.82, 2.24) is 15.0 Å². The van der Waals surface area contributed by atoms with Gasteiger partial charge < -0.3 is 14.3 Å². The smallest absolute Gasteiger partial charge is 0.389 e. The number of aliphatic hydroxyl groups excluding tert-OH is 1. The Morgan fingerprint density at radius 3 is 2.83 bits per heavy atom. The Balaban J connectivity index is 1.48. The summed E-state index contributed by atoms with van der Waals surface area (Å²) in [4.78, 5) is 13.8. The Labute approximate surface area is 207 Å². The average molecular weight is 524 g/mol. The number of alkyl halides is 3. The predicted octanol–water partition coefficient (Wildman–Crippen LogP) is 7.00. The molecule has 1 aliphatic rings. The van der Waals surface area contributed by atoms with E-state index >= 15 is 0 Å². The molecule has 0 radical (unpaired) electrons. The summed E-state index contributed by atoms with van der Waals surface area (Å²) in [5.74, 6) is 1.01. The molecule has 11 heteroatoms. The lowest BCUT2D eigenvalue weighted by molar-refractivity contribution is -0.135. The largest absolute Gasteiger partial charge is 0.481 e. The van der Waals surface area contributed by atoms with Crippen molar-refractivity contribution in [2.45, 2.75) is 57.4 Å². The molecule has 0 saturated carbocycles. The molecule has 0 spiro atoms. The molecule has 4 heterocycles. The molecule has 0 amide bonds. The molecule has 3 aromatic heterocycles. The van der Waals surface area contributed by atoms with E-state index in [-0.39, 0.29) is 12.8 Å². The van der Waals surface area contributed by atoms with Gasteiger partial charge in [0.05, 0.1) is 27.7 Å². The number of aryl methyl sites for hydroxylation is 1. The van der Waals surface area contributed by atoms with Crippen molar-refractivity contribution in [2.24, 2.45) is 0 Å². The number of benzene rings is 1. The summed E-state index contributed by atoms with van der Waals surface area (Å²) in [5, 5.41) is 10.8. The van der Waals surface area contributed by atoms with Crippen LogP contribution in [0.2, 0.25) is 5.02 Å². The zero-order valence-electron chi connectivity index (χ0n) is 18.6. The summed E-state index contributed by atoms with van der Waals surface area (Å²) in [6.45, 7) is 1.90. The van der Waals surface area contributed by atoms with Crippen LogP contribution >= 0.6 is 22.9 Å². The summed E-state index contributed by atoms with van der Waals surface area (Å²) in [7, 11) is 0. The third-order valence-corrected chi connectivity index (χ3v) is 7.39. The van der Waals surface area contributed by atoms with Crippen LogP contribution in [0.25, 0.3) is 21.5 Å². The lowest BCUT2D eigenvalue weighted by Crippen LogP contribution is -2.09. The van der Waals surface area contributed by atoms with Crippen molar-refractivity contribution in [2.75, 3.05) is 0 Å². The number of ether oxygens (including phenoxy) is 1. The van der Waals surface area contributed by atoms with Gasteiger partial charge >= 0.3 is 6.18 Å². The maximum Gasteiger partial charge on any atom is 0.389 e.